The maximum absolute atomic E-state index is 5.58. The van der Waals surface area contributed by atoms with Gasteiger partial charge < -0.3 is 10.6 Å². The first-order chi connectivity index (χ1) is 9.69. The summed E-state index contributed by atoms with van der Waals surface area (Å²) in [5.41, 5.74) is 10.5. The molecular formula is C17H23N3. The third-order valence-corrected chi connectivity index (χ3v) is 3.39. The molecule has 0 fully saturated rings. The Labute approximate surface area is 121 Å². The van der Waals surface area contributed by atoms with Gasteiger partial charge in [-0.25, -0.2) is 0 Å². The van der Waals surface area contributed by atoms with Crippen molar-refractivity contribution in [3.8, 4) is 0 Å². The summed E-state index contributed by atoms with van der Waals surface area (Å²) in [5, 5.41) is 0. The van der Waals surface area contributed by atoms with Gasteiger partial charge in [-0.3, -0.25) is 4.99 Å². The summed E-state index contributed by atoms with van der Waals surface area (Å²) < 4.78 is 0. The Balaban J connectivity index is 1.98. The molecule has 3 heteroatoms. The molecule has 0 spiro atoms. The van der Waals surface area contributed by atoms with Gasteiger partial charge in [-0.15, -0.1) is 0 Å². The molecule has 0 aliphatic carbocycles. The van der Waals surface area contributed by atoms with Crippen LogP contribution in [0, 0.1) is 6.92 Å². The molecule has 0 saturated heterocycles. The zero-order chi connectivity index (χ0) is 14.4. The minimum Gasteiger partial charge on any atom is -0.329 e. The van der Waals surface area contributed by atoms with E-state index >= 15 is 0 Å². The second-order valence-corrected chi connectivity index (χ2v) is 5.23. The Morgan fingerprint density at radius 2 is 2.00 bits per heavy atom. The summed E-state index contributed by atoms with van der Waals surface area (Å²) in [5.74, 6) is 0. The van der Waals surface area contributed by atoms with Gasteiger partial charge in [0.15, 0.2) is 0 Å². The highest BCUT2D eigenvalue weighted by molar-refractivity contribution is 6.12. The van der Waals surface area contributed by atoms with Gasteiger partial charge in [-0.05, 0) is 31.2 Å². The average molecular weight is 269 g/mol. The zero-order valence-corrected chi connectivity index (χ0v) is 12.3. The molecule has 1 aliphatic heterocycles. The van der Waals surface area contributed by atoms with Crippen molar-refractivity contribution in [3.63, 3.8) is 0 Å². The summed E-state index contributed by atoms with van der Waals surface area (Å²) in [6.45, 7) is 5.40. The van der Waals surface area contributed by atoms with Crippen molar-refractivity contribution < 1.29 is 0 Å². The van der Waals surface area contributed by atoms with Crippen molar-refractivity contribution in [2.24, 2.45) is 10.7 Å². The van der Waals surface area contributed by atoms with Gasteiger partial charge in [0.25, 0.3) is 0 Å². The maximum atomic E-state index is 5.58. The topological polar surface area (TPSA) is 41.6 Å². The molecule has 1 aromatic carbocycles. The van der Waals surface area contributed by atoms with E-state index in [1.54, 1.807) is 0 Å². The van der Waals surface area contributed by atoms with Crippen molar-refractivity contribution >= 4 is 11.8 Å². The third kappa shape index (κ3) is 4.15. The molecule has 0 amide bonds. The maximum Gasteiger partial charge on any atom is 0.0620 e. The number of aliphatic imine (C=N–C) groups is 1. The van der Waals surface area contributed by atoms with Gasteiger partial charge in [0, 0.05) is 19.6 Å². The fourth-order valence-corrected chi connectivity index (χ4v) is 2.21. The van der Waals surface area contributed by atoms with Crippen LogP contribution in [0.15, 0.2) is 47.0 Å². The smallest absolute Gasteiger partial charge is 0.0620 e. The van der Waals surface area contributed by atoms with Gasteiger partial charge in [-0.2, -0.15) is 0 Å². The highest BCUT2D eigenvalue weighted by atomic mass is 15.1. The first kappa shape index (κ1) is 14.7. The first-order valence-corrected chi connectivity index (χ1v) is 7.06. The van der Waals surface area contributed by atoms with Crippen molar-refractivity contribution in [3.05, 3.63) is 53.1 Å². The predicted molar refractivity (Wildman–Crippen MR) is 87.1 cm³/mol. The van der Waals surface area contributed by atoms with Crippen LogP contribution in [-0.4, -0.2) is 43.8 Å². The molecule has 106 valence electrons. The zero-order valence-electron chi connectivity index (χ0n) is 12.3. The molecular weight excluding hydrogens is 246 g/mol. The van der Waals surface area contributed by atoms with E-state index in [1.165, 1.54) is 16.7 Å². The number of rotatable bonds is 6. The van der Waals surface area contributed by atoms with Crippen LogP contribution in [0.3, 0.4) is 0 Å². The van der Waals surface area contributed by atoms with Crippen molar-refractivity contribution in [2.75, 3.05) is 33.2 Å². The monoisotopic (exact) mass is 269 g/mol. The van der Waals surface area contributed by atoms with Crippen LogP contribution in [0.4, 0.5) is 0 Å². The predicted octanol–water partition coefficient (Wildman–Crippen LogP) is 2.28. The number of nitrogens with two attached hydrogens (primary N) is 1. The summed E-state index contributed by atoms with van der Waals surface area (Å²) in [6.07, 6.45) is 6.43. The molecule has 2 N–H and O–H groups in total. The summed E-state index contributed by atoms with van der Waals surface area (Å²) >= 11 is 0. The molecule has 0 bridgehead atoms. The Hall–Kier alpha value is -1.71. The normalized spacial score (nSPS) is 15.0. The highest BCUT2D eigenvalue weighted by Gasteiger charge is 2.11. The Morgan fingerprint density at radius 3 is 2.70 bits per heavy atom. The Bertz CT molecular complexity index is 524. The molecule has 3 nitrogen and oxygen atoms in total. The standard InChI is InChI=1S/C17H23N3/c1-14-3-5-15(6-4-14)7-8-17-16(9-11-19-17)13-20(2)12-10-18/h3-9H,10-13,18H2,1-2H3/b8-7+. The number of aryl methyl sites for hydroxylation is 1. The van der Waals surface area contributed by atoms with E-state index < -0.39 is 0 Å². The largest absolute Gasteiger partial charge is 0.329 e. The number of allylic oxidation sites excluding steroid dienone is 1. The van der Waals surface area contributed by atoms with Crippen molar-refractivity contribution in [2.45, 2.75) is 6.92 Å². The van der Waals surface area contributed by atoms with Gasteiger partial charge >= 0.3 is 0 Å². The molecule has 1 aromatic rings. The molecule has 0 radical (unpaired) electrons. The van der Waals surface area contributed by atoms with Crippen LogP contribution in [0.5, 0.6) is 0 Å². The molecule has 1 heterocycles. The molecule has 1 aliphatic rings. The lowest BCUT2D eigenvalue weighted by Gasteiger charge is -2.16. The van der Waals surface area contributed by atoms with Crippen LogP contribution >= 0.6 is 0 Å². The summed E-state index contributed by atoms with van der Waals surface area (Å²) in [6, 6.07) is 8.51. The van der Waals surface area contributed by atoms with Crippen molar-refractivity contribution in [1.29, 1.82) is 0 Å². The quantitative estimate of drug-likeness (QED) is 0.861. The lowest BCUT2D eigenvalue weighted by atomic mass is 10.1. The van der Waals surface area contributed by atoms with Gasteiger partial charge in [0.2, 0.25) is 0 Å². The van der Waals surface area contributed by atoms with Crippen molar-refractivity contribution in [1.82, 2.24) is 4.90 Å². The second-order valence-electron chi connectivity index (χ2n) is 5.23. The SMILES string of the molecule is Cc1ccc(/C=C/C2=NCC=C2CN(C)CCN)cc1. The molecule has 0 unspecified atom stereocenters. The average Bonchev–Trinajstić information content (AvgIpc) is 2.86. The molecule has 0 atom stereocenters. The van der Waals surface area contributed by atoms with E-state index in [2.05, 4.69) is 66.4 Å². The third-order valence-electron chi connectivity index (χ3n) is 3.39. The molecule has 0 aromatic heterocycles. The van der Waals surface area contributed by atoms with E-state index in [0.717, 1.165) is 25.3 Å². The van der Waals surface area contributed by atoms with E-state index in [4.69, 9.17) is 5.73 Å². The van der Waals surface area contributed by atoms with Crippen LogP contribution in [-0.2, 0) is 0 Å². The number of nitrogens with zero attached hydrogens (tertiary/aromatic N) is 2. The van der Waals surface area contributed by atoms with Crippen LogP contribution in [0.2, 0.25) is 0 Å². The van der Waals surface area contributed by atoms with Gasteiger partial charge in [-0.1, -0.05) is 42.0 Å². The first-order valence-electron chi connectivity index (χ1n) is 7.06. The lowest BCUT2D eigenvalue weighted by Crippen LogP contribution is -2.28. The second kappa shape index (κ2) is 7.17. The van der Waals surface area contributed by atoms with Crippen LogP contribution < -0.4 is 5.73 Å². The molecule has 20 heavy (non-hydrogen) atoms. The highest BCUT2D eigenvalue weighted by Crippen LogP contribution is 2.12. The van der Waals surface area contributed by atoms with E-state index in [0.29, 0.717) is 6.54 Å². The van der Waals surface area contributed by atoms with E-state index in [9.17, 15) is 0 Å². The Morgan fingerprint density at radius 1 is 1.25 bits per heavy atom. The molecule has 2 rings (SSSR count). The summed E-state index contributed by atoms with van der Waals surface area (Å²) in [7, 11) is 2.09. The van der Waals surface area contributed by atoms with Gasteiger partial charge in [0.05, 0.1) is 12.3 Å². The minimum atomic E-state index is 0.690. The Kier molecular flexibility index (Phi) is 5.27. The fourth-order valence-electron chi connectivity index (χ4n) is 2.21. The number of benzene rings is 1. The fraction of sp³-hybridized carbons (Fsp3) is 0.353. The number of hydrogen-bond donors (Lipinski definition) is 1. The van der Waals surface area contributed by atoms with Crippen LogP contribution in [0.1, 0.15) is 11.1 Å². The lowest BCUT2D eigenvalue weighted by molar-refractivity contribution is 0.377. The van der Waals surface area contributed by atoms with Crippen LogP contribution in [0.25, 0.3) is 6.08 Å². The number of likely N-dealkylation sites (N-methyl/N-ethyl adjacent to an activating group) is 1. The number of hydrogen-bond acceptors (Lipinski definition) is 3. The van der Waals surface area contributed by atoms with Gasteiger partial charge in [0.1, 0.15) is 0 Å². The minimum absolute atomic E-state index is 0.690. The summed E-state index contributed by atoms with van der Waals surface area (Å²) in [4.78, 5) is 6.77. The molecule has 0 saturated carbocycles. The van der Waals surface area contributed by atoms with E-state index in [1.807, 2.05) is 0 Å². The van der Waals surface area contributed by atoms with E-state index in [-0.39, 0.29) is 0 Å².